The van der Waals surface area contributed by atoms with Crippen LogP contribution >= 0.6 is 0 Å². The first-order valence-electron chi connectivity index (χ1n) is 7.53. The van der Waals surface area contributed by atoms with Gasteiger partial charge in [-0.2, -0.15) is 0 Å². The number of amides is 1. The van der Waals surface area contributed by atoms with Gasteiger partial charge in [0.1, 0.15) is 0 Å². The zero-order valence-electron chi connectivity index (χ0n) is 12.3. The third-order valence-corrected chi connectivity index (χ3v) is 4.26. The molecule has 20 heavy (non-hydrogen) atoms. The number of aryl methyl sites for hydroxylation is 2. The monoisotopic (exact) mass is 273 g/mol. The first-order valence-corrected chi connectivity index (χ1v) is 7.53. The Morgan fingerprint density at radius 2 is 2.15 bits per heavy atom. The summed E-state index contributed by atoms with van der Waals surface area (Å²) in [5.74, 6) is 0.203. The molecule has 2 N–H and O–H groups in total. The summed E-state index contributed by atoms with van der Waals surface area (Å²) >= 11 is 0. The first-order chi connectivity index (χ1) is 9.65. The number of nitrogens with zero attached hydrogens (tertiary/aromatic N) is 1. The second kappa shape index (κ2) is 5.54. The van der Waals surface area contributed by atoms with Crippen LogP contribution in [0.15, 0.2) is 18.2 Å². The van der Waals surface area contributed by atoms with E-state index >= 15 is 0 Å². The standard InChI is InChI=1S/C16H23N3O/c1-11-5-6-15-13(8-11)4-3-7-19(15)16(20)14-10-17-12(2)9-18-14/h5-6,8,12,14,17-18H,3-4,7,9-10H2,1-2H3. The van der Waals surface area contributed by atoms with Gasteiger partial charge in [0.15, 0.2) is 0 Å². The normalized spacial score (nSPS) is 26.2. The zero-order valence-corrected chi connectivity index (χ0v) is 12.3. The van der Waals surface area contributed by atoms with Crippen LogP contribution < -0.4 is 15.5 Å². The molecule has 4 heteroatoms. The number of hydrogen-bond acceptors (Lipinski definition) is 3. The summed E-state index contributed by atoms with van der Waals surface area (Å²) in [5, 5.41) is 6.73. The van der Waals surface area contributed by atoms with Gasteiger partial charge in [-0.25, -0.2) is 0 Å². The van der Waals surface area contributed by atoms with Crippen LogP contribution in [0.25, 0.3) is 0 Å². The number of anilines is 1. The summed E-state index contributed by atoms with van der Waals surface area (Å²) in [4.78, 5) is 14.7. The van der Waals surface area contributed by atoms with E-state index in [-0.39, 0.29) is 11.9 Å². The summed E-state index contributed by atoms with van der Waals surface area (Å²) in [6.45, 7) is 6.65. The Hall–Kier alpha value is -1.39. The molecule has 0 spiro atoms. The molecule has 2 atom stereocenters. The fraction of sp³-hybridized carbons (Fsp3) is 0.562. The maximum absolute atomic E-state index is 12.7. The van der Waals surface area contributed by atoms with Crippen molar-refractivity contribution < 1.29 is 4.79 Å². The molecular formula is C16H23N3O. The van der Waals surface area contributed by atoms with Gasteiger partial charge >= 0.3 is 0 Å². The van der Waals surface area contributed by atoms with Crippen LogP contribution in [0.2, 0.25) is 0 Å². The molecule has 108 valence electrons. The van der Waals surface area contributed by atoms with Crippen molar-refractivity contribution in [2.45, 2.75) is 38.8 Å². The Balaban J connectivity index is 1.80. The number of hydrogen-bond donors (Lipinski definition) is 2. The maximum Gasteiger partial charge on any atom is 0.245 e. The molecule has 0 saturated carbocycles. The third kappa shape index (κ3) is 2.58. The summed E-state index contributed by atoms with van der Waals surface area (Å²) in [6, 6.07) is 6.75. The molecule has 1 amide bonds. The van der Waals surface area contributed by atoms with Crippen LogP contribution in [0.1, 0.15) is 24.5 Å². The topological polar surface area (TPSA) is 44.4 Å². The summed E-state index contributed by atoms with van der Waals surface area (Å²) in [7, 11) is 0. The molecule has 3 rings (SSSR count). The van der Waals surface area contributed by atoms with Crippen LogP contribution in [0.4, 0.5) is 5.69 Å². The SMILES string of the molecule is Cc1ccc2c(c1)CCCN2C(=O)C1CNC(C)CN1. The maximum atomic E-state index is 12.7. The molecule has 0 radical (unpaired) electrons. The summed E-state index contributed by atoms with van der Waals surface area (Å²) in [5.41, 5.74) is 3.68. The lowest BCUT2D eigenvalue weighted by atomic mass is 9.98. The van der Waals surface area contributed by atoms with E-state index in [4.69, 9.17) is 0 Å². The lowest BCUT2D eigenvalue weighted by Gasteiger charge is -2.35. The number of nitrogens with one attached hydrogen (secondary N) is 2. The highest BCUT2D eigenvalue weighted by Gasteiger charge is 2.30. The largest absolute Gasteiger partial charge is 0.311 e. The Bertz CT molecular complexity index is 506. The number of carbonyl (C=O) groups excluding carboxylic acids is 1. The molecule has 0 aromatic heterocycles. The molecule has 1 saturated heterocycles. The van der Waals surface area contributed by atoms with E-state index in [1.165, 1.54) is 11.1 Å². The van der Waals surface area contributed by atoms with E-state index in [1.54, 1.807) is 0 Å². The smallest absolute Gasteiger partial charge is 0.245 e. The highest BCUT2D eigenvalue weighted by atomic mass is 16.2. The second-order valence-corrected chi connectivity index (χ2v) is 6.00. The quantitative estimate of drug-likeness (QED) is 0.809. The van der Waals surface area contributed by atoms with Crippen molar-refractivity contribution in [3.8, 4) is 0 Å². The third-order valence-electron chi connectivity index (χ3n) is 4.26. The predicted molar refractivity (Wildman–Crippen MR) is 81.1 cm³/mol. The van der Waals surface area contributed by atoms with Crippen molar-refractivity contribution in [1.29, 1.82) is 0 Å². The van der Waals surface area contributed by atoms with E-state index in [9.17, 15) is 4.79 Å². The van der Waals surface area contributed by atoms with Crippen molar-refractivity contribution in [1.82, 2.24) is 10.6 Å². The van der Waals surface area contributed by atoms with Gasteiger partial charge in [-0.05, 0) is 38.3 Å². The molecule has 0 aliphatic carbocycles. The van der Waals surface area contributed by atoms with Crippen molar-refractivity contribution in [2.24, 2.45) is 0 Å². The Morgan fingerprint density at radius 1 is 1.30 bits per heavy atom. The molecule has 2 aliphatic heterocycles. The fourth-order valence-corrected chi connectivity index (χ4v) is 3.10. The highest BCUT2D eigenvalue weighted by Crippen LogP contribution is 2.28. The fourth-order valence-electron chi connectivity index (χ4n) is 3.10. The molecule has 1 fully saturated rings. The van der Waals surface area contributed by atoms with E-state index in [1.807, 2.05) is 4.90 Å². The Labute approximate surface area is 120 Å². The second-order valence-electron chi connectivity index (χ2n) is 6.00. The molecule has 2 unspecified atom stereocenters. The zero-order chi connectivity index (χ0) is 14.1. The predicted octanol–water partition coefficient (Wildman–Crippen LogP) is 1.22. The molecule has 2 heterocycles. The van der Waals surface area contributed by atoms with E-state index in [0.29, 0.717) is 6.04 Å². The highest BCUT2D eigenvalue weighted by molar-refractivity contribution is 5.98. The number of rotatable bonds is 1. The molecule has 1 aromatic rings. The summed E-state index contributed by atoms with van der Waals surface area (Å²) in [6.07, 6.45) is 2.13. The van der Waals surface area contributed by atoms with Crippen molar-refractivity contribution >= 4 is 11.6 Å². The molecule has 4 nitrogen and oxygen atoms in total. The minimum atomic E-state index is -0.0987. The molecule has 0 bridgehead atoms. The lowest BCUT2D eigenvalue weighted by Crippen LogP contribution is -2.60. The van der Waals surface area contributed by atoms with E-state index < -0.39 is 0 Å². The number of benzene rings is 1. The minimum Gasteiger partial charge on any atom is -0.311 e. The summed E-state index contributed by atoms with van der Waals surface area (Å²) < 4.78 is 0. The molecular weight excluding hydrogens is 250 g/mol. The van der Waals surface area contributed by atoms with Crippen LogP contribution in [0, 0.1) is 6.92 Å². The van der Waals surface area contributed by atoms with Gasteiger partial charge in [-0.15, -0.1) is 0 Å². The Kier molecular flexibility index (Phi) is 3.76. The lowest BCUT2D eigenvalue weighted by molar-refractivity contribution is -0.121. The number of carbonyl (C=O) groups is 1. The van der Waals surface area contributed by atoms with Gasteiger partial charge in [0.05, 0.1) is 6.04 Å². The van der Waals surface area contributed by atoms with Crippen molar-refractivity contribution in [3.05, 3.63) is 29.3 Å². The van der Waals surface area contributed by atoms with Crippen LogP contribution in [-0.4, -0.2) is 37.6 Å². The van der Waals surface area contributed by atoms with Crippen LogP contribution in [0.3, 0.4) is 0 Å². The average molecular weight is 273 g/mol. The van der Waals surface area contributed by atoms with Crippen LogP contribution in [0.5, 0.6) is 0 Å². The molecule has 1 aromatic carbocycles. The van der Waals surface area contributed by atoms with E-state index in [2.05, 4.69) is 42.7 Å². The Morgan fingerprint density at radius 3 is 2.90 bits per heavy atom. The van der Waals surface area contributed by atoms with Crippen LogP contribution in [-0.2, 0) is 11.2 Å². The average Bonchev–Trinajstić information content (AvgIpc) is 2.46. The van der Waals surface area contributed by atoms with Gasteiger partial charge in [0.25, 0.3) is 0 Å². The van der Waals surface area contributed by atoms with Crippen molar-refractivity contribution in [3.63, 3.8) is 0 Å². The van der Waals surface area contributed by atoms with Gasteiger partial charge in [-0.1, -0.05) is 17.7 Å². The van der Waals surface area contributed by atoms with Crippen molar-refractivity contribution in [2.75, 3.05) is 24.5 Å². The first kappa shape index (κ1) is 13.6. The van der Waals surface area contributed by atoms with Gasteiger partial charge in [0, 0.05) is 31.4 Å². The number of fused-ring (bicyclic) bond motifs is 1. The van der Waals surface area contributed by atoms with Gasteiger partial charge in [-0.3, -0.25) is 4.79 Å². The number of piperazine rings is 1. The van der Waals surface area contributed by atoms with Gasteiger partial charge in [0.2, 0.25) is 5.91 Å². The van der Waals surface area contributed by atoms with Gasteiger partial charge < -0.3 is 15.5 Å². The minimum absolute atomic E-state index is 0.0987. The van der Waals surface area contributed by atoms with E-state index in [0.717, 1.165) is 38.2 Å². The molecule has 2 aliphatic rings.